The van der Waals surface area contributed by atoms with Gasteiger partial charge in [-0.15, -0.1) is 0 Å². The third kappa shape index (κ3) is 3.07. The molecule has 102 valence electrons. The van der Waals surface area contributed by atoms with Crippen molar-refractivity contribution in [3.05, 3.63) is 56.3 Å². The molecule has 2 rings (SSSR count). The molecule has 2 heteroatoms. The Labute approximate surface area is 120 Å². The van der Waals surface area contributed by atoms with Crippen molar-refractivity contribution in [3.63, 3.8) is 0 Å². The molecule has 1 atom stereocenters. The fraction of sp³-hybridized carbons (Fsp3) is 0.412. The highest BCUT2D eigenvalue weighted by Crippen LogP contribution is 2.27. The second kappa shape index (κ2) is 5.89. The van der Waals surface area contributed by atoms with Crippen LogP contribution in [0.4, 0.5) is 0 Å². The summed E-state index contributed by atoms with van der Waals surface area (Å²) in [4.78, 5) is 0. The molecule has 0 saturated carbocycles. The van der Waals surface area contributed by atoms with Crippen LogP contribution in [0.15, 0.2) is 22.9 Å². The zero-order chi connectivity index (χ0) is 14.0. The summed E-state index contributed by atoms with van der Waals surface area (Å²) in [5, 5.41) is 7.97. The van der Waals surface area contributed by atoms with Crippen molar-refractivity contribution >= 4 is 11.3 Å². The summed E-state index contributed by atoms with van der Waals surface area (Å²) >= 11 is 1.79. The molecule has 0 bridgehead atoms. The van der Waals surface area contributed by atoms with Crippen LogP contribution in [-0.2, 0) is 6.42 Å². The lowest BCUT2D eigenvalue weighted by atomic mass is 9.91. The predicted octanol–water partition coefficient (Wildman–Crippen LogP) is 4.48. The SMILES string of the molecule is CNC(Cc1c(C)cc(C)cc1C)c1cscc1C. The van der Waals surface area contributed by atoms with Gasteiger partial charge in [0.1, 0.15) is 0 Å². The van der Waals surface area contributed by atoms with Crippen molar-refractivity contribution in [2.45, 2.75) is 40.2 Å². The molecule has 1 N–H and O–H groups in total. The van der Waals surface area contributed by atoms with E-state index in [2.05, 4.69) is 63.0 Å². The van der Waals surface area contributed by atoms with E-state index in [1.54, 1.807) is 11.3 Å². The first kappa shape index (κ1) is 14.3. The van der Waals surface area contributed by atoms with E-state index in [0.717, 1.165) is 6.42 Å². The summed E-state index contributed by atoms with van der Waals surface area (Å²) in [6.07, 6.45) is 1.06. The number of thiophene rings is 1. The standard InChI is InChI=1S/C17H23NS/c1-11-6-12(2)15(13(3)7-11)8-17(18-5)16-10-19-9-14(16)4/h6-7,9-10,17-18H,8H2,1-5H3. The molecule has 0 saturated heterocycles. The molecule has 0 spiro atoms. The van der Waals surface area contributed by atoms with Crippen LogP contribution in [-0.4, -0.2) is 7.05 Å². The number of likely N-dealkylation sites (N-methyl/N-ethyl adjacent to an activating group) is 1. The predicted molar refractivity (Wildman–Crippen MR) is 85.2 cm³/mol. The van der Waals surface area contributed by atoms with Gasteiger partial charge in [0.2, 0.25) is 0 Å². The average Bonchev–Trinajstić information content (AvgIpc) is 2.75. The molecule has 1 unspecified atom stereocenters. The highest BCUT2D eigenvalue weighted by molar-refractivity contribution is 7.08. The Hall–Kier alpha value is -1.12. The lowest BCUT2D eigenvalue weighted by Crippen LogP contribution is -2.20. The zero-order valence-corrected chi connectivity index (χ0v) is 13.3. The molecule has 0 aliphatic rings. The zero-order valence-electron chi connectivity index (χ0n) is 12.5. The van der Waals surface area contributed by atoms with Crippen LogP contribution in [0.2, 0.25) is 0 Å². The fourth-order valence-corrected chi connectivity index (χ4v) is 3.74. The average molecular weight is 273 g/mol. The number of aryl methyl sites for hydroxylation is 4. The topological polar surface area (TPSA) is 12.0 Å². The number of hydrogen-bond donors (Lipinski definition) is 1. The van der Waals surface area contributed by atoms with Gasteiger partial charge in [-0.25, -0.2) is 0 Å². The Kier molecular flexibility index (Phi) is 4.43. The van der Waals surface area contributed by atoms with E-state index >= 15 is 0 Å². The maximum Gasteiger partial charge on any atom is 0.0369 e. The monoisotopic (exact) mass is 273 g/mol. The van der Waals surface area contributed by atoms with Crippen LogP contribution in [0.1, 0.15) is 39.4 Å². The van der Waals surface area contributed by atoms with E-state index in [-0.39, 0.29) is 0 Å². The smallest absolute Gasteiger partial charge is 0.0369 e. The Bertz CT molecular complexity index is 545. The first-order valence-corrected chi connectivity index (χ1v) is 7.74. The number of rotatable bonds is 4. The van der Waals surface area contributed by atoms with Crippen molar-refractivity contribution < 1.29 is 0 Å². The van der Waals surface area contributed by atoms with Gasteiger partial charge in [0.25, 0.3) is 0 Å². The minimum Gasteiger partial charge on any atom is -0.313 e. The Balaban J connectivity index is 2.32. The minimum absolute atomic E-state index is 0.409. The van der Waals surface area contributed by atoms with Crippen LogP contribution in [0, 0.1) is 27.7 Å². The van der Waals surface area contributed by atoms with Gasteiger partial charge in [0.05, 0.1) is 0 Å². The highest BCUT2D eigenvalue weighted by Gasteiger charge is 2.15. The molecular weight excluding hydrogens is 250 g/mol. The number of hydrogen-bond acceptors (Lipinski definition) is 2. The highest BCUT2D eigenvalue weighted by atomic mass is 32.1. The van der Waals surface area contributed by atoms with Crippen LogP contribution < -0.4 is 5.32 Å². The molecule has 2 aromatic rings. The van der Waals surface area contributed by atoms with E-state index < -0.39 is 0 Å². The Morgan fingerprint density at radius 3 is 2.11 bits per heavy atom. The second-order valence-electron chi connectivity index (χ2n) is 5.43. The van der Waals surface area contributed by atoms with Gasteiger partial charge in [0.15, 0.2) is 0 Å². The number of benzene rings is 1. The van der Waals surface area contributed by atoms with Gasteiger partial charge in [-0.3, -0.25) is 0 Å². The maximum absolute atomic E-state index is 3.47. The minimum atomic E-state index is 0.409. The van der Waals surface area contributed by atoms with Crippen molar-refractivity contribution in [3.8, 4) is 0 Å². The summed E-state index contributed by atoms with van der Waals surface area (Å²) in [5.41, 5.74) is 8.48. The third-order valence-corrected chi connectivity index (χ3v) is 4.75. The molecule has 0 aliphatic carbocycles. The second-order valence-corrected chi connectivity index (χ2v) is 6.18. The van der Waals surface area contributed by atoms with Crippen LogP contribution >= 0.6 is 11.3 Å². The first-order chi connectivity index (χ1) is 9.02. The Morgan fingerprint density at radius 1 is 1.00 bits per heavy atom. The van der Waals surface area contributed by atoms with Gasteiger partial charge in [-0.1, -0.05) is 17.7 Å². The molecule has 0 radical (unpaired) electrons. The summed E-state index contributed by atoms with van der Waals surface area (Å²) in [7, 11) is 2.06. The maximum atomic E-state index is 3.47. The molecule has 1 heterocycles. The first-order valence-electron chi connectivity index (χ1n) is 6.79. The van der Waals surface area contributed by atoms with E-state index in [0.29, 0.717) is 6.04 Å². The van der Waals surface area contributed by atoms with Gasteiger partial charge < -0.3 is 5.32 Å². The van der Waals surface area contributed by atoms with Crippen molar-refractivity contribution in [1.29, 1.82) is 0 Å². The summed E-state index contributed by atoms with van der Waals surface area (Å²) in [6, 6.07) is 4.98. The molecule has 1 nitrogen and oxygen atoms in total. The van der Waals surface area contributed by atoms with E-state index in [4.69, 9.17) is 0 Å². The molecule has 1 aromatic carbocycles. The van der Waals surface area contributed by atoms with Gasteiger partial charge in [-0.05, 0) is 79.7 Å². The van der Waals surface area contributed by atoms with Crippen LogP contribution in [0.5, 0.6) is 0 Å². The van der Waals surface area contributed by atoms with E-state index in [1.807, 2.05) is 0 Å². The summed E-state index contributed by atoms with van der Waals surface area (Å²) in [6.45, 7) is 8.82. The lowest BCUT2D eigenvalue weighted by Gasteiger charge is -2.20. The van der Waals surface area contributed by atoms with Crippen molar-refractivity contribution in [2.75, 3.05) is 7.05 Å². The third-order valence-electron chi connectivity index (χ3n) is 3.87. The molecule has 1 aromatic heterocycles. The lowest BCUT2D eigenvalue weighted by molar-refractivity contribution is 0.588. The molecule has 0 aliphatic heterocycles. The van der Waals surface area contributed by atoms with Crippen LogP contribution in [0.25, 0.3) is 0 Å². The van der Waals surface area contributed by atoms with Gasteiger partial charge in [-0.2, -0.15) is 11.3 Å². The van der Waals surface area contributed by atoms with Gasteiger partial charge in [0, 0.05) is 6.04 Å². The van der Waals surface area contributed by atoms with Gasteiger partial charge >= 0.3 is 0 Å². The fourth-order valence-electron chi connectivity index (χ4n) is 2.83. The Morgan fingerprint density at radius 2 is 1.63 bits per heavy atom. The quantitative estimate of drug-likeness (QED) is 0.865. The summed E-state index contributed by atoms with van der Waals surface area (Å²) < 4.78 is 0. The normalized spacial score (nSPS) is 12.7. The van der Waals surface area contributed by atoms with E-state index in [9.17, 15) is 0 Å². The molecule has 19 heavy (non-hydrogen) atoms. The number of nitrogens with one attached hydrogen (secondary N) is 1. The molecular formula is C17H23NS. The van der Waals surface area contributed by atoms with Crippen LogP contribution in [0.3, 0.4) is 0 Å². The largest absolute Gasteiger partial charge is 0.313 e. The van der Waals surface area contributed by atoms with E-state index in [1.165, 1.54) is 33.4 Å². The summed E-state index contributed by atoms with van der Waals surface area (Å²) in [5.74, 6) is 0. The van der Waals surface area contributed by atoms with Crippen molar-refractivity contribution in [1.82, 2.24) is 5.32 Å². The van der Waals surface area contributed by atoms with Crippen molar-refractivity contribution in [2.24, 2.45) is 0 Å². The molecule has 0 fully saturated rings. The molecule has 0 amide bonds.